The van der Waals surface area contributed by atoms with E-state index in [0.717, 1.165) is 32.5 Å². The van der Waals surface area contributed by atoms with Crippen molar-refractivity contribution < 1.29 is 9.90 Å². The highest BCUT2D eigenvalue weighted by Crippen LogP contribution is 2.20. The van der Waals surface area contributed by atoms with E-state index in [2.05, 4.69) is 10.00 Å². The molecule has 1 aromatic heterocycles. The summed E-state index contributed by atoms with van der Waals surface area (Å²) >= 11 is 0. The Morgan fingerprint density at radius 3 is 3.12 bits per heavy atom. The van der Waals surface area contributed by atoms with Gasteiger partial charge >= 0.3 is 5.97 Å². The lowest BCUT2D eigenvalue weighted by Gasteiger charge is -2.31. The van der Waals surface area contributed by atoms with E-state index in [9.17, 15) is 4.79 Å². The number of aryl methyl sites for hydroxylation is 1. The molecule has 0 spiro atoms. The minimum atomic E-state index is -0.682. The van der Waals surface area contributed by atoms with Gasteiger partial charge in [0.1, 0.15) is 0 Å². The van der Waals surface area contributed by atoms with Crippen molar-refractivity contribution in [3.8, 4) is 0 Å². The van der Waals surface area contributed by atoms with Crippen LogP contribution in [0.2, 0.25) is 0 Å². The summed E-state index contributed by atoms with van der Waals surface area (Å²) in [4.78, 5) is 13.0. The van der Waals surface area contributed by atoms with Gasteiger partial charge in [-0.3, -0.25) is 14.4 Å². The summed E-state index contributed by atoms with van der Waals surface area (Å²) in [5.41, 5.74) is 1.20. The maximum absolute atomic E-state index is 10.7. The molecule has 2 rings (SSSR count). The van der Waals surface area contributed by atoms with Gasteiger partial charge in [0, 0.05) is 38.3 Å². The summed E-state index contributed by atoms with van der Waals surface area (Å²) in [6, 6.07) is 0. The number of likely N-dealkylation sites (tertiary alicyclic amines) is 1. The standard InChI is InChI=1S/C12H19N3O2/c1-14-7-11(6-13-14)9-15-4-2-3-10(8-15)5-12(16)17/h6-7,10H,2-5,8-9H2,1H3,(H,16,17). The van der Waals surface area contributed by atoms with Gasteiger partial charge in [-0.1, -0.05) is 0 Å². The number of carboxylic acid groups (broad SMARTS) is 1. The van der Waals surface area contributed by atoms with E-state index in [4.69, 9.17) is 5.11 Å². The molecule has 0 radical (unpaired) electrons. The van der Waals surface area contributed by atoms with Crippen molar-refractivity contribution in [1.29, 1.82) is 0 Å². The molecule has 0 saturated carbocycles. The van der Waals surface area contributed by atoms with Crippen molar-refractivity contribution in [1.82, 2.24) is 14.7 Å². The van der Waals surface area contributed by atoms with E-state index >= 15 is 0 Å². The van der Waals surface area contributed by atoms with Gasteiger partial charge in [-0.2, -0.15) is 5.10 Å². The van der Waals surface area contributed by atoms with Crippen LogP contribution in [0.1, 0.15) is 24.8 Å². The summed E-state index contributed by atoms with van der Waals surface area (Å²) in [5, 5.41) is 13.0. The summed E-state index contributed by atoms with van der Waals surface area (Å²) in [6.07, 6.45) is 6.32. The van der Waals surface area contributed by atoms with Crippen molar-refractivity contribution >= 4 is 5.97 Å². The highest BCUT2D eigenvalue weighted by molar-refractivity contribution is 5.67. The lowest BCUT2D eigenvalue weighted by atomic mass is 9.95. The zero-order valence-corrected chi connectivity index (χ0v) is 10.2. The molecule has 1 fully saturated rings. The van der Waals surface area contributed by atoms with Gasteiger partial charge in [0.05, 0.1) is 6.20 Å². The van der Waals surface area contributed by atoms with Gasteiger partial charge in [-0.15, -0.1) is 0 Å². The van der Waals surface area contributed by atoms with Crippen LogP contribution in [0, 0.1) is 5.92 Å². The molecule has 1 aliphatic heterocycles. The summed E-state index contributed by atoms with van der Waals surface area (Å²) < 4.78 is 1.80. The maximum Gasteiger partial charge on any atom is 0.303 e. The van der Waals surface area contributed by atoms with E-state index in [1.807, 2.05) is 19.4 Å². The number of nitrogens with zero attached hydrogens (tertiary/aromatic N) is 3. The molecule has 0 aromatic carbocycles. The third-order valence-corrected chi connectivity index (χ3v) is 3.23. The van der Waals surface area contributed by atoms with Crippen LogP contribution in [0.25, 0.3) is 0 Å². The Kier molecular flexibility index (Phi) is 3.78. The van der Waals surface area contributed by atoms with E-state index in [0.29, 0.717) is 12.3 Å². The normalized spacial score (nSPS) is 21.6. The summed E-state index contributed by atoms with van der Waals surface area (Å²) in [5.74, 6) is -0.379. The molecule has 17 heavy (non-hydrogen) atoms. The average molecular weight is 237 g/mol. The quantitative estimate of drug-likeness (QED) is 0.852. The molecule has 0 bridgehead atoms. The monoisotopic (exact) mass is 237 g/mol. The molecule has 0 amide bonds. The molecular formula is C12H19N3O2. The Morgan fingerprint density at radius 2 is 2.47 bits per heavy atom. The second-order valence-electron chi connectivity index (χ2n) is 4.86. The Balaban J connectivity index is 1.87. The maximum atomic E-state index is 10.7. The number of carbonyl (C=O) groups is 1. The Hall–Kier alpha value is -1.36. The van der Waals surface area contributed by atoms with Gasteiger partial charge in [0.15, 0.2) is 0 Å². The molecule has 5 heteroatoms. The van der Waals surface area contributed by atoms with Crippen molar-refractivity contribution in [2.45, 2.75) is 25.8 Å². The largest absolute Gasteiger partial charge is 0.481 e. The Morgan fingerprint density at radius 1 is 1.65 bits per heavy atom. The SMILES string of the molecule is Cn1cc(CN2CCCC(CC(=O)O)C2)cn1. The zero-order chi connectivity index (χ0) is 12.3. The van der Waals surface area contributed by atoms with Crippen LogP contribution in [0.15, 0.2) is 12.4 Å². The third kappa shape index (κ3) is 3.56. The van der Waals surface area contributed by atoms with Crippen LogP contribution in [0.5, 0.6) is 0 Å². The second kappa shape index (κ2) is 5.31. The van der Waals surface area contributed by atoms with Gasteiger partial charge in [-0.05, 0) is 25.3 Å². The van der Waals surface area contributed by atoms with Gasteiger partial charge < -0.3 is 5.11 Å². The van der Waals surface area contributed by atoms with Crippen molar-refractivity contribution in [3.63, 3.8) is 0 Å². The summed E-state index contributed by atoms with van der Waals surface area (Å²) in [7, 11) is 1.91. The topological polar surface area (TPSA) is 58.4 Å². The van der Waals surface area contributed by atoms with Gasteiger partial charge in [0.25, 0.3) is 0 Å². The lowest BCUT2D eigenvalue weighted by Crippen LogP contribution is -2.35. The highest BCUT2D eigenvalue weighted by Gasteiger charge is 2.22. The number of aliphatic carboxylic acids is 1. The van der Waals surface area contributed by atoms with E-state index < -0.39 is 5.97 Å². The first-order chi connectivity index (χ1) is 8.13. The fraction of sp³-hybridized carbons (Fsp3) is 0.667. The Labute approximate surface area is 101 Å². The smallest absolute Gasteiger partial charge is 0.303 e. The first-order valence-electron chi connectivity index (χ1n) is 6.05. The fourth-order valence-electron chi connectivity index (χ4n) is 2.52. The fourth-order valence-corrected chi connectivity index (χ4v) is 2.52. The molecule has 1 aliphatic rings. The number of piperidine rings is 1. The number of hydrogen-bond donors (Lipinski definition) is 1. The minimum Gasteiger partial charge on any atom is -0.481 e. The van der Waals surface area contributed by atoms with Crippen LogP contribution in [-0.2, 0) is 18.4 Å². The van der Waals surface area contributed by atoms with E-state index in [1.165, 1.54) is 5.56 Å². The van der Waals surface area contributed by atoms with Crippen molar-refractivity contribution in [2.24, 2.45) is 13.0 Å². The number of hydrogen-bond acceptors (Lipinski definition) is 3. The minimum absolute atomic E-state index is 0.295. The van der Waals surface area contributed by atoms with E-state index in [-0.39, 0.29) is 0 Å². The molecule has 1 saturated heterocycles. The Bertz CT molecular complexity index is 389. The predicted molar refractivity (Wildman–Crippen MR) is 63.5 cm³/mol. The number of carboxylic acids is 1. The molecular weight excluding hydrogens is 218 g/mol. The number of rotatable bonds is 4. The predicted octanol–water partition coefficient (Wildman–Crippen LogP) is 1.11. The second-order valence-corrected chi connectivity index (χ2v) is 4.86. The van der Waals surface area contributed by atoms with Crippen LogP contribution >= 0.6 is 0 Å². The molecule has 5 nitrogen and oxygen atoms in total. The van der Waals surface area contributed by atoms with Crippen molar-refractivity contribution in [3.05, 3.63) is 18.0 Å². The molecule has 1 unspecified atom stereocenters. The molecule has 94 valence electrons. The lowest BCUT2D eigenvalue weighted by molar-refractivity contribution is -0.138. The van der Waals surface area contributed by atoms with Crippen LogP contribution in [-0.4, -0.2) is 38.8 Å². The molecule has 1 N–H and O–H groups in total. The molecule has 0 aliphatic carbocycles. The molecule has 1 aromatic rings. The number of aromatic nitrogens is 2. The average Bonchev–Trinajstić information content (AvgIpc) is 2.63. The van der Waals surface area contributed by atoms with Crippen LogP contribution in [0.4, 0.5) is 0 Å². The van der Waals surface area contributed by atoms with Crippen molar-refractivity contribution in [2.75, 3.05) is 13.1 Å². The first-order valence-corrected chi connectivity index (χ1v) is 6.05. The third-order valence-electron chi connectivity index (χ3n) is 3.23. The van der Waals surface area contributed by atoms with Gasteiger partial charge in [-0.25, -0.2) is 0 Å². The van der Waals surface area contributed by atoms with Crippen LogP contribution < -0.4 is 0 Å². The van der Waals surface area contributed by atoms with E-state index in [1.54, 1.807) is 4.68 Å². The van der Waals surface area contributed by atoms with Gasteiger partial charge in [0.2, 0.25) is 0 Å². The molecule has 2 heterocycles. The zero-order valence-electron chi connectivity index (χ0n) is 10.2. The highest BCUT2D eigenvalue weighted by atomic mass is 16.4. The first kappa shape index (κ1) is 12.1. The van der Waals surface area contributed by atoms with Crippen LogP contribution in [0.3, 0.4) is 0 Å². The molecule has 1 atom stereocenters. The summed E-state index contributed by atoms with van der Waals surface area (Å²) in [6.45, 7) is 2.83.